The highest BCUT2D eigenvalue weighted by Crippen LogP contribution is 2.31. The molecule has 1 aliphatic rings. The molecule has 7 nitrogen and oxygen atoms in total. The molecule has 224 valence electrons. The monoisotopic (exact) mass is 649 g/mol. The zero-order valence-corrected chi connectivity index (χ0v) is 26.4. The number of sulfonamides is 1. The van der Waals surface area contributed by atoms with Gasteiger partial charge in [0, 0.05) is 29.1 Å². The van der Waals surface area contributed by atoms with Gasteiger partial charge in [0.15, 0.2) is 0 Å². The second kappa shape index (κ2) is 14.6. The Balaban J connectivity index is 1.74. The molecule has 0 radical (unpaired) electrons. The second-order valence-electron chi connectivity index (χ2n) is 10.6. The molecular formula is C31H34Cl3N3O4S. The summed E-state index contributed by atoms with van der Waals surface area (Å²) in [5.41, 5.74) is 1.69. The topological polar surface area (TPSA) is 86.8 Å². The van der Waals surface area contributed by atoms with Crippen molar-refractivity contribution in [2.75, 3.05) is 17.1 Å². The maximum absolute atomic E-state index is 14.2. The molecule has 1 N–H and O–H groups in total. The minimum Gasteiger partial charge on any atom is -0.352 e. The van der Waals surface area contributed by atoms with Crippen LogP contribution in [-0.4, -0.2) is 50.0 Å². The van der Waals surface area contributed by atoms with Crippen LogP contribution in [-0.2, 0) is 32.6 Å². The van der Waals surface area contributed by atoms with E-state index >= 15 is 0 Å². The van der Waals surface area contributed by atoms with E-state index in [1.165, 1.54) is 23.1 Å². The van der Waals surface area contributed by atoms with Gasteiger partial charge in [-0.05, 0) is 54.3 Å². The Morgan fingerprint density at radius 2 is 1.55 bits per heavy atom. The van der Waals surface area contributed by atoms with E-state index in [9.17, 15) is 18.0 Å². The summed E-state index contributed by atoms with van der Waals surface area (Å²) in [5.74, 6) is -0.845. The molecule has 0 heterocycles. The van der Waals surface area contributed by atoms with Crippen LogP contribution in [0.4, 0.5) is 5.69 Å². The van der Waals surface area contributed by atoms with Gasteiger partial charge in [0.05, 0.1) is 17.0 Å². The lowest BCUT2D eigenvalue weighted by atomic mass is 9.94. The van der Waals surface area contributed by atoms with Crippen LogP contribution in [0.15, 0.2) is 72.8 Å². The Kier molecular flexibility index (Phi) is 11.2. The summed E-state index contributed by atoms with van der Waals surface area (Å²) < 4.78 is 26.9. The fourth-order valence-electron chi connectivity index (χ4n) is 5.21. The van der Waals surface area contributed by atoms with Gasteiger partial charge in [-0.1, -0.05) is 96.5 Å². The van der Waals surface area contributed by atoms with Gasteiger partial charge >= 0.3 is 0 Å². The van der Waals surface area contributed by atoms with Crippen molar-refractivity contribution < 1.29 is 18.0 Å². The third-order valence-corrected chi connectivity index (χ3v) is 9.22. The number of amides is 2. The summed E-state index contributed by atoms with van der Waals surface area (Å²) >= 11 is 18.7. The number of halogens is 3. The standard InChI is InChI=1S/C31H34Cl3N3O4S/c1-42(40,41)37(28-16-15-25(33)19-27(28)34)21-30(38)36(20-23-11-8-12-24(32)17-23)29(18-22-9-4-2-5-10-22)31(39)35-26-13-6-3-7-14-26/h2,4-5,8-12,15-17,19,26,29H,3,6-7,13-14,18,20-21H2,1H3,(H,35,39). The van der Waals surface area contributed by atoms with Crippen molar-refractivity contribution in [3.63, 3.8) is 0 Å². The number of rotatable bonds is 11. The zero-order chi connectivity index (χ0) is 30.3. The Bertz CT molecular complexity index is 1500. The molecule has 11 heteroatoms. The van der Waals surface area contributed by atoms with Gasteiger partial charge in [-0.2, -0.15) is 0 Å². The molecule has 0 aliphatic heterocycles. The van der Waals surface area contributed by atoms with E-state index in [-0.39, 0.29) is 35.6 Å². The van der Waals surface area contributed by atoms with E-state index < -0.39 is 28.5 Å². The summed E-state index contributed by atoms with van der Waals surface area (Å²) in [6.45, 7) is -0.524. The number of nitrogens with zero attached hydrogens (tertiary/aromatic N) is 2. The molecule has 0 saturated heterocycles. The number of hydrogen-bond donors (Lipinski definition) is 1. The van der Waals surface area contributed by atoms with Crippen LogP contribution in [0.1, 0.15) is 43.2 Å². The smallest absolute Gasteiger partial charge is 0.244 e. The molecule has 0 aromatic heterocycles. The van der Waals surface area contributed by atoms with Crippen LogP contribution in [0.5, 0.6) is 0 Å². The fourth-order valence-corrected chi connectivity index (χ4v) is 6.84. The van der Waals surface area contributed by atoms with Crippen molar-refractivity contribution in [3.8, 4) is 0 Å². The van der Waals surface area contributed by atoms with E-state index in [1.54, 1.807) is 18.2 Å². The van der Waals surface area contributed by atoms with Crippen LogP contribution in [0.2, 0.25) is 15.1 Å². The van der Waals surface area contributed by atoms with Gasteiger partial charge in [-0.3, -0.25) is 13.9 Å². The first-order chi connectivity index (χ1) is 20.0. The minimum absolute atomic E-state index is 0.0213. The molecule has 3 aromatic rings. The predicted octanol–water partition coefficient (Wildman–Crippen LogP) is 6.50. The molecule has 2 amide bonds. The molecule has 42 heavy (non-hydrogen) atoms. The molecule has 0 spiro atoms. The average Bonchev–Trinajstić information content (AvgIpc) is 2.94. The van der Waals surface area contributed by atoms with E-state index in [2.05, 4.69) is 5.32 Å². The van der Waals surface area contributed by atoms with Crippen molar-refractivity contribution in [3.05, 3.63) is 99.0 Å². The highest BCUT2D eigenvalue weighted by Gasteiger charge is 2.34. The van der Waals surface area contributed by atoms with Gasteiger partial charge in [-0.25, -0.2) is 8.42 Å². The maximum Gasteiger partial charge on any atom is 0.244 e. The first-order valence-corrected chi connectivity index (χ1v) is 16.8. The summed E-state index contributed by atoms with van der Waals surface area (Å²) in [6, 6.07) is 20.0. The lowest BCUT2D eigenvalue weighted by molar-refractivity contribution is -0.140. The Labute approximate surface area is 262 Å². The number of hydrogen-bond acceptors (Lipinski definition) is 4. The lowest BCUT2D eigenvalue weighted by Crippen LogP contribution is -2.55. The van der Waals surface area contributed by atoms with Gasteiger partial charge in [0.1, 0.15) is 12.6 Å². The second-order valence-corrected chi connectivity index (χ2v) is 13.8. The lowest BCUT2D eigenvalue weighted by Gasteiger charge is -2.35. The van der Waals surface area contributed by atoms with E-state index in [1.807, 2.05) is 36.4 Å². The number of nitrogens with one attached hydrogen (secondary N) is 1. The third-order valence-electron chi connectivity index (χ3n) is 7.32. The van der Waals surface area contributed by atoms with Crippen molar-refractivity contribution in [2.24, 2.45) is 0 Å². The van der Waals surface area contributed by atoms with Gasteiger partial charge in [0.25, 0.3) is 0 Å². The molecule has 0 bridgehead atoms. The molecular weight excluding hydrogens is 617 g/mol. The van der Waals surface area contributed by atoms with Crippen LogP contribution in [0.3, 0.4) is 0 Å². The molecule has 1 saturated carbocycles. The maximum atomic E-state index is 14.2. The molecule has 1 unspecified atom stereocenters. The average molecular weight is 651 g/mol. The summed E-state index contributed by atoms with van der Waals surface area (Å²) in [7, 11) is -3.95. The normalized spacial score (nSPS) is 14.7. The van der Waals surface area contributed by atoms with Crippen LogP contribution >= 0.6 is 34.8 Å². The van der Waals surface area contributed by atoms with Crippen molar-refractivity contribution in [1.29, 1.82) is 0 Å². The zero-order valence-electron chi connectivity index (χ0n) is 23.3. The first-order valence-electron chi connectivity index (χ1n) is 13.8. The Hall–Kier alpha value is -2.78. The van der Waals surface area contributed by atoms with Crippen molar-refractivity contribution >= 4 is 62.3 Å². The number of carbonyl (C=O) groups excluding carboxylic acids is 2. The molecule has 3 aromatic carbocycles. The Morgan fingerprint density at radius 1 is 0.881 bits per heavy atom. The SMILES string of the molecule is CS(=O)(=O)N(CC(=O)N(Cc1cccc(Cl)c1)C(Cc1ccccc1)C(=O)NC1CCCCC1)c1ccc(Cl)cc1Cl. The van der Waals surface area contributed by atoms with Gasteiger partial charge < -0.3 is 10.2 Å². The predicted molar refractivity (Wildman–Crippen MR) is 170 cm³/mol. The number of benzene rings is 3. The van der Waals surface area contributed by atoms with Crippen molar-refractivity contribution in [2.45, 2.75) is 57.2 Å². The number of anilines is 1. The molecule has 1 atom stereocenters. The van der Waals surface area contributed by atoms with Crippen molar-refractivity contribution in [1.82, 2.24) is 10.2 Å². The van der Waals surface area contributed by atoms with E-state index in [0.29, 0.717) is 15.6 Å². The summed E-state index contributed by atoms with van der Waals surface area (Å²) in [6.07, 6.45) is 6.20. The molecule has 1 fully saturated rings. The largest absolute Gasteiger partial charge is 0.352 e. The third kappa shape index (κ3) is 8.86. The highest BCUT2D eigenvalue weighted by molar-refractivity contribution is 7.92. The quantitative estimate of drug-likeness (QED) is 0.257. The van der Waals surface area contributed by atoms with Gasteiger partial charge in [0.2, 0.25) is 21.8 Å². The fraction of sp³-hybridized carbons (Fsp3) is 0.355. The molecule has 4 rings (SSSR count). The first kappa shape index (κ1) is 32.1. The molecule has 1 aliphatic carbocycles. The van der Waals surface area contributed by atoms with Gasteiger partial charge in [-0.15, -0.1) is 0 Å². The van der Waals surface area contributed by atoms with Crippen LogP contribution < -0.4 is 9.62 Å². The highest BCUT2D eigenvalue weighted by atomic mass is 35.5. The van der Waals surface area contributed by atoms with Crippen LogP contribution in [0, 0.1) is 0 Å². The van der Waals surface area contributed by atoms with E-state index in [0.717, 1.165) is 48.2 Å². The Morgan fingerprint density at radius 3 is 2.19 bits per heavy atom. The minimum atomic E-state index is -3.95. The van der Waals surface area contributed by atoms with E-state index in [4.69, 9.17) is 34.8 Å². The van der Waals surface area contributed by atoms with Crippen LogP contribution in [0.25, 0.3) is 0 Å². The summed E-state index contributed by atoms with van der Waals surface area (Å²) in [4.78, 5) is 29.6. The summed E-state index contributed by atoms with van der Waals surface area (Å²) in [5, 5.41) is 4.07. The number of carbonyl (C=O) groups is 2.